The van der Waals surface area contributed by atoms with Crippen LogP contribution in [0.1, 0.15) is 69.4 Å². The molecule has 1 aromatic carbocycles. The Morgan fingerprint density at radius 3 is 2.36 bits per heavy atom. The number of fused-ring (bicyclic) bond motifs is 3. The molecule has 2 aliphatic carbocycles. The largest absolute Gasteiger partial charge is 0.416 e. The summed E-state index contributed by atoms with van der Waals surface area (Å²) in [5.74, 6) is 2.37. The summed E-state index contributed by atoms with van der Waals surface area (Å²) in [6.07, 6.45) is 5.17. The molecule has 1 aromatic rings. The lowest BCUT2D eigenvalue weighted by Gasteiger charge is -2.48. The van der Waals surface area contributed by atoms with Gasteiger partial charge in [0.1, 0.15) is 0 Å². The zero-order chi connectivity index (χ0) is 19.6. The predicted molar refractivity (Wildman–Crippen MR) is 104 cm³/mol. The number of rotatable bonds is 1. The number of aliphatic imine (C=N–C) groups is 1. The standard InChI is InChI=1S/C23H29F3N2/c1-21(16-5-7-17(8-6-16)23(24,25)26)18-9-10-19(15-18)22(21)12-11-20(27-22)28-13-3-2-4-14-28/h5-8,18-19H,2-4,9-15H2,1H3. The van der Waals surface area contributed by atoms with Crippen LogP contribution in [0.3, 0.4) is 0 Å². The van der Waals surface area contributed by atoms with E-state index in [0.29, 0.717) is 11.8 Å². The lowest BCUT2D eigenvalue weighted by molar-refractivity contribution is -0.137. The van der Waals surface area contributed by atoms with E-state index in [4.69, 9.17) is 4.99 Å². The minimum atomic E-state index is -4.28. The van der Waals surface area contributed by atoms with Gasteiger partial charge in [0.2, 0.25) is 0 Å². The molecule has 0 N–H and O–H groups in total. The molecule has 2 saturated carbocycles. The average molecular weight is 390 g/mol. The van der Waals surface area contributed by atoms with Crippen molar-refractivity contribution in [3.05, 3.63) is 35.4 Å². The van der Waals surface area contributed by atoms with Crippen molar-refractivity contribution in [1.29, 1.82) is 0 Å². The second-order valence-corrected chi connectivity index (χ2v) is 9.48. The topological polar surface area (TPSA) is 15.6 Å². The van der Waals surface area contributed by atoms with Gasteiger partial charge >= 0.3 is 6.18 Å². The summed E-state index contributed by atoms with van der Waals surface area (Å²) >= 11 is 0. The predicted octanol–water partition coefficient (Wildman–Crippen LogP) is 5.81. The maximum Gasteiger partial charge on any atom is 0.416 e. The monoisotopic (exact) mass is 390 g/mol. The number of piperidine rings is 1. The van der Waals surface area contributed by atoms with Crippen LogP contribution in [-0.2, 0) is 11.6 Å². The normalized spacial score (nSPS) is 37.7. The summed E-state index contributed by atoms with van der Waals surface area (Å²) in [6.45, 7) is 4.52. The second-order valence-electron chi connectivity index (χ2n) is 9.48. The van der Waals surface area contributed by atoms with E-state index < -0.39 is 11.7 Å². The van der Waals surface area contributed by atoms with Crippen LogP contribution in [0, 0.1) is 11.8 Å². The van der Waals surface area contributed by atoms with E-state index in [0.717, 1.165) is 31.5 Å². The van der Waals surface area contributed by atoms with E-state index in [1.165, 1.54) is 56.5 Å². The third kappa shape index (κ3) is 2.50. The Bertz CT molecular complexity index is 778. The third-order valence-corrected chi connectivity index (χ3v) is 8.42. The quantitative estimate of drug-likeness (QED) is 0.591. The van der Waals surface area contributed by atoms with Gasteiger partial charge in [0.25, 0.3) is 0 Å². The van der Waals surface area contributed by atoms with Crippen LogP contribution >= 0.6 is 0 Å². The van der Waals surface area contributed by atoms with Crippen molar-refractivity contribution in [2.75, 3.05) is 13.1 Å². The summed E-state index contributed by atoms with van der Waals surface area (Å²) in [4.78, 5) is 7.93. The lowest BCUT2D eigenvalue weighted by Crippen LogP contribution is -2.51. The Balaban J connectivity index is 1.53. The van der Waals surface area contributed by atoms with Crippen molar-refractivity contribution in [2.45, 2.75) is 75.4 Å². The van der Waals surface area contributed by atoms with E-state index in [2.05, 4.69) is 11.8 Å². The van der Waals surface area contributed by atoms with E-state index >= 15 is 0 Å². The van der Waals surface area contributed by atoms with Gasteiger partial charge in [-0.05, 0) is 74.5 Å². The molecule has 0 amide bonds. The van der Waals surface area contributed by atoms with Crippen LogP contribution in [-0.4, -0.2) is 29.4 Å². The van der Waals surface area contributed by atoms with Crippen molar-refractivity contribution in [2.24, 2.45) is 16.8 Å². The Morgan fingerprint density at radius 1 is 1.00 bits per heavy atom. The molecule has 0 radical (unpaired) electrons. The highest BCUT2D eigenvalue weighted by atomic mass is 19.4. The number of benzene rings is 1. The molecule has 1 spiro atoms. The van der Waals surface area contributed by atoms with Crippen molar-refractivity contribution >= 4 is 5.84 Å². The highest BCUT2D eigenvalue weighted by Gasteiger charge is 2.67. The zero-order valence-electron chi connectivity index (χ0n) is 16.6. The molecule has 0 aromatic heterocycles. The molecule has 3 fully saturated rings. The first-order chi connectivity index (χ1) is 13.3. The fraction of sp³-hybridized carbons (Fsp3) is 0.696. The van der Waals surface area contributed by atoms with Gasteiger partial charge in [-0.2, -0.15) is 13.2 Å². The Hall–Kier alpha value is -1.52. The first kappa shape index (κ1) is 18.5. The molecule has 2 heterocycles. The molecule has 5 heteroatoms. The summed E-state index contributed by atoms with van der Waals surface area (Å²) in [5, 5.41) is 0. The summed E-state index contributed by atoms with van der Waals surface area (Å²) in [6, 6.07) is 6.01. The molecule has 28 heavy (non-hydrogen) atoms. The second kappa shape index (κ2) is 6.24. The number of hydrogen-bond donors (Lipinski definition) is 0. The number of nitrogens with zero attached hydrogens (tertiary/aromatic N) is 2. The molecule has 2 aliphatic heterocycles. The van der Waals surface area contributed by atoms with Crippen molar-refractivity contribution in [3.63, 3.8) is 0 Å². The molecule has 2 nitrogen and oxygen atoms in total. The number of halogens is 3. The van der Waals surface area contributed by atoms with Gasteiger partial charge in [-0.3, -0.25) is 4.99 Å². The first-order valence-corrected chi connectivity index (χ1v) is 10.9. The molecule has 2 bridgehead atoms. The summed E-state index contributed by atoms with van der Waals surface area (Å²) in [5.41, 5.74) is 0.220. The smallest absolute Gasteiger partial charge is 0.360 e. The van der Waals surface area contributed by atoms with E-state index in [9.17, 15) is 13.2 Å². The Morgan fingerprint density at radius 2 is 1.68 bits per heavy atom. The van der Waals surface area contributed by atoms with Gasteiger partial charge in [0, 0.05) is 24.9 Å². The van der Waals surface area contributed by atoms with E-state index in [1.807, 2.05) is 0 Å². The van der Waals surface area contributed by atoms with Crippen LogP contribution in [0.15, 0.2) is 29.3 Å². The number of amidine groups is 1. The van der Waals surface area contributed by atoms with Crippen molar-refractivity contribution in [1.82, 2.24) is 4.90 Å². The Kier molecular flexibility index (Phi) is 4.12. The Labute approximate surface area is 165 Å². The summed E-state index contributed by atoms with van der Waals surface area (Å²) < 4.78 is 39.2. The van der Waals surface area contributed by atoms with Crippen molar-refractivity contribution < 1.29 is 13.2 Å². The van der Waals surface area contributed by atoms with Gasteiger partial charge in [0.05, 0.1) is 16.9 Å². The van der Waals surface area contributed by atoms with Crippen LogP contribution in [0.2, 0.25) is 0 Å². The third-order valence-electron chi connectivity index (χ3n) is 8.42. The van der Waals surface area contributed by atoms with Gasteiger partial charge < -0.3 is 4.90 Å². The van der Waals surface area contributed by atoms with Crippen LogP contribution in [0.4, 0.5) is 13.2 Å². The van der Waals surface area contributed by atoms with Crippen LogP contribution in [0.25, 0.3) is 0 Å². The van der Waals surface area contributed by atoms with Gasteiger partial charge in [-0.1, -0.05) is 19.1 Å². The van der Waals surface area contributed by atoms with Crippen LogP contribution in [0.5, 0.6) is 0 Å². The van der Waals surface area contributed by atoms with Gasteiger partial charge in [-0.15, -0.1) is 0 Å². The van der Waals surface area contributed by atoms with Crippen LogP contribution < -0.4 is 0 Å². The highest BCUT2D eigenvalue weighted by Crippen LogP contribution is 2.66. The molecule has 4 atom stereocenters. The highest BCUT2D eigenvalue weighted by molar-refractivity contribution is 5.85. The fourth-order valence-corrected chi connectivity index (χ4v) is 6.90. The minimum absolute atomic E-state index is 0.123. The zero-order valence-corrected chi connectivity index (χ0v) is 16.6. The maximum absolute atomic E-state index is 13.1. The van der Waals surface area contributed by atoms with Gasteiger partial charge in [-0.25, -0.2) is 0 Å². The molecule has 1 saturated heterocycles. The van der Waals surface area contributed by atoms with E-state index in [1.54, 1.807) is 12.1 Å². The number of likely N-dealkylation sites (tertiary alicyclic amines) is 1. The lowest BCUT2D eigenvalue weighted by atomic mass is 9.58. The van der Waals surface area contributed by atoms with E-state index in [-0.39, 0.29) is 11.0 Å². The molecule has 4 aliphatic rings. The molecule has 5 rings (SSSR count). The molecular weight excluding hydrogens is 361 g/mol. The molecule has 152 valence electrons. The molecule has 4 unspecified atom stereocenters. The van der Waals surface area contributed by atoms with Gasteiger partial charge in [0.15, 0.2) is 0 Å². The average Bonchev–Trinajstić information content (AvgIpc) is 3.40. The molecular formula is C23H29F3N2. The number of hydrogen-bond acceptors (Lipinski definition) is 2. The number of alkyl halides is 3. The first-order valence-electron chi connectivity index (χ1n) is 10.9. The maximum atomic E-state index is 13.1. The van der Waals surface area contributed by atoms with Crippen molar-refractivity contribution in [3.8, 4) is 0 Å². The summed E-state index contributed by atoms with van der Waals surface area (Å²) in [7, 11) is 0. The fourth-order valence-electron chi connectivity index (χ4n) is 6.90. The SMILES string of the molecule is CC1(c2ccc(C(F)(F)F)cc2)C2CCC(C2)C12CCC(N1CCCCC1)=N2. The minimum Gasteiger partial charge on any atom is -0.360 e.